The van der Waals surface area contributed by atoms with E-state index >= 15 is 0 Å². The molecule has 3 nitrogen and oxygen atoms in total. The monoisotopic (exact) mass is 446 g/mol. The summed E-state index contributed by atoms with van der Waals surface area (Å²) in [6.07, 6.45) is 11.9. The largest absolute Gasteiger partial charge is 0.504 e. The van der Waals surface area contributed by atoms with E-state index in [9.17, 15) is 9.90 Å². The molecule has 176 valence electrons. The summed E-state index contributed by atoms with van der Waals surface area (Å²) in [5.74, 6) is 1.53. The fourth-order valence-corrected chi connectivity index (χ4v) is 4.79. The minimum atomic E-state index is 0.0967. The lowest BCUT2D eigenvalue weighted by molar-refractivity contribution is -0.124. The number of carbonyl (C=O) groups is 1. The van der Waals surface area contributed by atoms with Gasteiger partial charge >= 0.3 is 0 Å². The van der Waals surface area contributed by atoms with Gasteiger partial charge in [-0.15, -0.1) is 0 Å². The van der Waals surface area contributed by atoms with Crippen molar-refractivity contribution in [1.29, 1.82) is 0 Å². The molecular formula is C30H38O3. The Bertz CT molecular complexity index is 967. The van der Waals surface area contributed by atoms with Crippen LogP contribution in [0, 0.1) is 11.8 Å². The third-order valence-electron chi connectivity index (χ3n) is 6.74. The highest BCUT2D eigenvalue weighted by Crippen LogP contribution is 2.37. The molecule has 3 rings (SSSR count). The van der Waals surface area contributed by atoms with Gasteiger partial charge in [0.1, 0.15) is 5.78 Å². The zero-order valence-corrected chi connectivity index (χ0v) is 20.3. The summed E-state index contributed by atoms with van der Waals surface area (Å²) in [4.78, 5) is 13.4. The van der Waals surface area contributed by atoms with E-state index in [1.807, 2.05) is 30.3 Å². The van der Waals surface area contributed by atoms with Crippen LogP contribution in [0.3, 0.4) is 0 Å². The fourth-order valence-electron chi connectivity index (χ4n) is 4.79. The number of phenols is 1. The van der Waals surface area contributed by atoms with E-state index in [4.69, 9.17) is 4.74 Å². The Balaban J connectivity index is 1.67. The number of rotatable bonds is 11. The number of hydrogen-bond donors (Lipinski definition) is 1. The molecule has 0 radical (unpaired) electrons. The third-order valence-corrected chi connectivity index (χ3v) is 6.74. The predicted octanol–water partition coefficient (Wildman–Crippen LogP) is 7.23. The van der Waals surface area contributed by atoms with E-state index in [-0.39, 0.29) is 11.7 Å². The topological polar surface area (TPSA) is 46.5 Å². The number of allylic oxidation sites excluding steroid dienone is 4. The van der Waals surface area contributed by atoms with Gasteiger partial charge in [-0.1, -0.05) is 59.7 Å². The van der Waals surface area contributed by atoms with Crippen LogP contribution in [0.25, 0.3) is 0 Å². The number of hydrogen-bond acceptors (Lipinski definition) is 3. The van der Waals surface area contributed by atoms with Crippen molar-refractivity contribution in [3.63, 3.8) is 0 Å². The third kappa shape index (κ3) is 7.63. The summed E-state index contributed by atoms with van der Waals surface area (Å²) >= 11 is 0. The van der Waals surface area contributed by atoms with Crippen LogP contribution in [-0.4, -0.2) is 18.0 Å². The zero-order valence-electron chi connectivity index (χ0n) is 20.3. The van der Waals surface area contributed by atoms with E-state index in [1.54, 1.807) is 13.2 Å². The van der Waals surface area contributed by atoms with E-state index < -0.39 is 0 Å². The maximum atomic E-state index is 13.4. The van der Waals surface area contributed by atoms with Gasteiger partial charge in [-0.25, -0.2) is 0 Å². The fraction of sp³-hybridized carbons (Fsp3) is 0.433. The molecule has 1 N–H and O–H groups in total. The summed E-state index contributed by atoms with van der Waals surface area (Å²) in [7, 11) is 1.57. The minimum absolute atomic E-state index is 0.0967. The Morgan fingerprint density at radius 3 is 2.58 bits per heavy atom. The Hall–Kier alpha value is -2.81. The second-order valence-corrected chi connectivity index (χ2v) is 9.49. The van der Waals surface area contributed by atoms with Crippen LogP contribution in [-0.2, 0) is 17.6 Å². The quantitative estimate of drug-likeness (QED) is 0.370. The molecular weight excluding hydrogens is 408 g/mol. The molecule has 0 unspecified atom stereocenters. The second kappa shape index (κ2) is 12.4. The van der Waals surface area contributed by atoms with Crippen molar-refractivity contribution in [2.75, 3.05) is 7.11 Å². The molecule has 1 aliphatic rings. The number of aryl methyl sites for hydroxylation is 2. The number of ketones is 1. The molecule has 2 aromatic rings. The van der Waals surface area contributed by atoms with E-state index in [1.165, 1.54) is 16.7 Å². The van der Waals surface area contributed by atoms with Gasteiger partial charge < -0.3 is 9.84 Å². The normalized spacial score (nSPS) is 17.8. The van der Waals surface area contributed by atoms with E-state index in [0.717, 1.165) is 50.5 Å². The van der Waals surface area contributed by atoms with Crippen LogP contribution in [0.15, 0.2) is 71.8 Å². The van der Waals surface area contributed by atoms with E-state index in [0.29, 0.717) is 23.9 Å². The van der Waals surface area contributed by atoms with Gasteiger partial charge in [-0.3, -0.25) is 4.79 Å². The summed E-state index contributed by atoms with van der Waals surface area (Å²) in [5, 5.41) is 9.87. The standard InChI is InChI=1S/C30H38O3/c1-22(2)8-7-11-24-12-16-26(17-13-25-15-19-29(32)30(21-25)33-3)27(20-24)28(31)18-14-23-9-5-4-6-10-23/h4-6,8-10,12,15,19,21,26-27,32H,7,11,13-14,16-18,20H2,1-3H3/t26-,27+/m1/s1. The van der Waals surface area contributed by atoms with Crippen LogP contribution in [0.5, 0.6) is 11.5 Å². The van der Waals surface area contributed by atoms with Crippen molar-refractivity contribution in [2.45, 2.75) is 65.2 Å². The number of carbonyl (C=O) groups excluding carboxylic acids is 1. The highest BCUT2D eigenvalue weighted by Gasteiger charge is 2.30. The molecule has 0 saturated heterocycles. The van der Waals surface area contributed by atoms with E-state index in [2.05, 4.69) is 38.1 Å². The Morgan fingerprint density at radius 2 is 1.85 bits per heavy atom. The molecule has 0 fully saturated rings. The molecule has 2 atom stereocenters. The first-order chi connectivity index (χ1) is 16.0. The molecule has 0 heterocycles. The molecule has 0 saturated carbocycles. The van der Waals surface area contributed by atoms with Gasteiger partial charge in [-0.2, -0.15) is 0 Å². The van der Waals surface area contributed by atoms with Crippen molar-refractivity contribution in [2.24, 2.45) is 11.8 Å². The van der Waals surface area contributed by atoms with Crippen LogP contribution in [0.2, 0.25) is 0 Å². The first kappa shape index (κ1) is 24.8. The predicted molar refractivity (Wildman–Crippen MR) is 136 cm³/mol. The molecule has 0 bridgehead atoms. The molecule has 0 spiro atoms. The van der Waals surface area contributed by atoms with Gasteiger partial charge in [-0.05, 0) is 88.0 Å². The Labute approximate surface area is 199 Å². The number of benzene rings is 2. The molecule has 1 aliphatic carbocycles. The SMILES string of the molecule is COc1cc(CC[C@H]2CC=C(CCC=C(C)C)C[C@@H]2C(=O)CCc2ccccc2)ccc1O. The molecule has 33 heavy (non-hydrogen) atoms. The van der Waals surface area contributed by atoms with Crippen LogP contribution >= 0.6 is 0 Å². The summed E-state index contributed by atoms with van der Waals surface area (Å²) in [6.45, 7) is 4.28. The van der Waals surface area contributed by atoms with Crippen LogP contribution in [0.1, 0.15) is 63.5 Å². The maximum Gasteiger partial charge on any atom is 0.160 e. The molecule has 0 aliphatic heterocycles. The lowest BCUT2D eigenvalue weighted by atomic mass is 9.73. The lowest BCUT2D eigenvalue weighted by Crippen LogP contribution is -2.28. The molecule has 0 amide bonds. The molecule has 0 aromatic heterocycles. The number of aromatic hydroxyl groups is 1. The van der Waals surface area contributed by atoms with Crippen molar-refractivity contribution in [1.82, 2.24) is 0 Å². The Kier molecular flexibility index (Phi) is 9.35. The van der Waals surface area contributed by atoms with Gasteiger partial charge in [0, 0.05) is 12.3 Å². The van der Waals surface area contributed by atoms with Crippen molar-refractivity contribution < 1.29 is 14.6 Å². The first-order valence-corrected chi connectivity index (χ1v) is 12.2. The number of methoxy groups -OCH3 is 1. The zero-order chi connectivity index (χ0) is 23.6. The number of phenolic OH excluding ortho intramolecular Hbond substituents is 1. The lowest BCUT2D eigenvalue weighted by Gasteiger charge is -2.31. The van der Waals surface area contributed by atoms with Crippen molar-refractivity contribution in [3.8, 4) is 11.5 Å². The number of Topliss-reactive ketones (excluding diaryl/α,β-unsaturated/α-hetero) is 1. The highest BCUT2D eigenvalue weighted by atomic mass is 16.5. The second-order valence-electron chi connectivity index (χ2n) is 9.49. The van der Waals surface area contributed by atoms with Gasteiger partial charge in [0.05, 0.1) is 7.11 Å². The van der Waals surface area contributed by atoms with Crippen molar-refractivity contribution >= 4 is 5.78 Å². The molecule has 3 heteroatoms. The highest BCUT2D eigenvalue weighted by molar-refractivity contribution is 5.82. The average Bonchev–Trinajstić information content (AvgIpc) is 2.82. The number of ether oxygens (including phenoxy) is 1. The van der Waals surface area contributed by atoms with Gasteiger partial charge in [0.2, 0.25) is 0 Å². The summed E-state index contributed by atoms with van der Waals surface area (Å²) in [5.41, 5.74) is 5.16. The van der Waals surface area contributed by atoms with Crippen LogP contribution in [0.4, 0.5) is 0 Å². The van der Waals surface area contributed by atoms with Gasteiger partial charge in [0.25, 0.3) is 0 Å². The Morgan fingerprint density at radius 1 is 1.06 bits per heavy atom. The molecule has 2 aromatic carbocycles. The van der Waals surface area contributed by atoms with Crippen LogP contribution < -0.4 is 4.74 Å². The van der Waals surface area contributed by atoms with Gasteiger partial charge in [0.15, 0.2) is 11.5 Å². The summed E-state index contributed by atoms with van der Waals surface area (Å²) < 4.78 is 5.26. The average molecular weight is 447 g/mol. The maximum absolute atomic E-state index is 13.4. The minimum Gasteiger partial charge on any atom is -0.504 e. The first-order valence-electron chi connectivity index (χ1n) is 12.2. The summed E-state index contributed by atoms with van der Waals surface area (Å²) in [6, 6.07) is 15.9. The smallest absolute Gasteiger partial charge is 0.160 e. The van der Waals surface area contributed by atoms with Crippen molar-refractivity contribution in [3.05, 3.63) is 83.0 Å².